The normalized spacial score (nSPS) is 20.3. The number of hydrogen-bond donors (Lipinski definition) is 4. The van der Waals surface area contributed by atoms with Crippen LogP contribution in [-0.4, -0.2) is 34.8 Å². The molecule has 1 aliphatic carbocycles. The summed E-state index contributed by atoms with van der Waals surface area (Å²) in [6.45, 7) is 4.81. The number of aliphatic hydroxyl groups is 1. The SMILES string of the molecule is CC(C)(CO)NCC1(CC(N)=NO)CC1. The highest BCUT2D eigenvalue weighted by atomic mass is 16.4. The zero-order valence-corrected chi connectivity index (χ0v) is 9.45. The number of nitrogens with two attached hydrogens (primary N) is 1. The lowest BCUT2D eigenvalue weighted by atomic mass is 9.99. The number of rotatable bonds is 6. The van der Waals surface area contributed by atoms with Gasteiger partial charge in [0.15, 0.2) is 0 Å². The molecule has 1 saturated carbocycles. The molecule has 0 bridgehead atoms. The Kier molecular flexibility index (Phi) is 3.57. The van der Waals surface area contributed by atoms with E-state index in [4.69, 9.17) is 16.0 Å². The Morgan fingerprint density at radius 3 is 2.53 bits per heavy atom. The van der Waals surface area contributed by atoms with Crippen LogP contribution in [0.5, 0.6) is 0 Å². The number of nitrogens with one attached hydrogen (secondary N) is 1. The van der Waals surface area contributed by atoms with Gasteiger partial charge in [-0.25, -0.2) is 0 Å². The number of nitrogens with zero attached hydrogens (tertiary/aromatic N) is 1. The maximum atomic E-state index is 9.09. The third kappa shape index (κ3) is 3.68. The van der Waals surface area contributed by atoms with E-state index in [0.717, 1.165) is 19.4 Å². The molecule has 0 atom stereocenters. The Morgan fingerprint density at radius 1 is 1.53 bits per heavy atom. The number of aliphatic hydroxyl groups excluding tert-OH is 1. The molecule has 15 heavy (non-hydrogen) atoms. The first-order valence-corrected chi connectivity index (χ1v) is 5.25. The highest BCUT2D eigenvalue weighted by Gasteiger charge is 2.43. The van der Waals surface area contributed by atoms with Crippen molar-refractivity contribution in [3.05, 3.63) is 0 Å². The summed E-state index contributed by atoms with van der Waals surface area (Å²) in [6, 6.07) is 0. The summed E-state index contributed by atoms with van der Waals surface area (Å²) in [5.41, 5.74) is 5.37. The van der Waals surface area contributed by atoms with Gasteiger partial charge in [-0.3, -0.25) is 0 Å². The van der Waals surface area contributed by atoms with Crippen molar-refractivity contribution in [1.82, 2.24) is 5.32 Å². The van der Waals surface area contributed by atoms with Crippen molar-refractivity contribution in [2.45, 2.75) is 38.6 Å². The molecule has 1 fully saturated rings. The third-order valence-corrected chi connectivity index (χ3v) is 2.98. The summed E-state index contributed by atoms with van der Waals surface area (Å²) in [5, 5.41) is 23.9. The van der Waals surface area contributed by atoms with Crippen LogP contribution in [0.4, 0.5) is 0 Å². The van der Waals surface area contributed by atoms with Gasteiger partial charge in [0.1, 0.15) is 5.84 Å². The summed E-state index contributed by atoms with van der Waals surface area (Å²) in [4.78, 5) is 0. The fourth-order valence-electron chi connectivity index (χ4n) is 1.50. The molecule has 5 heteroatoms. The zero-order chi connectivity index (χ0) is 11.5. The average Bonchev–Trinajstić information content (AvgIpc) is 2.96. The number of amidine groups is 1. The number of oxime groups is 1. The minimum Gasteiger partial charge on any atom is -0.409 e. The highest BCUT2D eigenvalue weighted by Crippen LogP contribution is 2.48. The lowest BCUT2D eigenvalue weighted by molar-refractivity contribution is 0.181. The first kappa shape index (κ1) is 12.3. The van der Waals surface area contributed by atoms with Crippen LogP contribution >= 0.6 is 0 Å². The molecule has 5 N–H and O–H groups in total. The molecular weight excluding hydrogens is 194 g/mol. The molecule has 1 aliphatic rings. The van der Waals surface area contributed by atoms with Gasteiger partial charge in [-0.2, -0.15) is 0 Å². The fourth-order valence-corrected chi connectivity index (χ4v) is 1.50. The van der Waals surface area contributed by atoms with Gasteiger partial charge in [0.25, 0.3) is 0 Å². The summed E-state index contributed by atoms with van der Waals surface area (Å²) in [7, 11) is 0. The Balaban J connectivity index is 2.38. The first-order chi connectivity index (χ1) is 6.93. The summed E-state index contributed by atoms with van der Waals surface area (Å²) in [6.07, 6.45) is 2.81. The van der Waals surface area contributed by atoms with E-state index >= 15 is 0 Å². The van der Waals surface area contributed by atoms with E-state index in [-0.39, 0.29) is 23.4 Å². The molecule has 0 aromatic carbocycles. The van der Waals surface area contributed by atoms with Crippen LogP contribution in [0.1, 0.15) is 33.1 Å². The third-order valence-electron chi connectivity index (χ3n) is 2.98. The largest absolute Gasteiger partial charge is 0.409 e. The van der Waals surface area contributed by atoms with E-state index in [1.165, 1.54) is 0 Å². The molecule has 0 aromatic heterocycles. The second-order valence-corrected chi connectivity index (χ2v) is 5.16. The lowest BCUT2D eigenvalue weighted by Crippen LogP contribution is -2.45. The van der Waals surface area contributed by atoms with Gasteiger partial charge in [0.2, 0.25) is 0 Å². The maximum absolute atomic E-state index is 9.09. The van der Waals surface area contributed by atoms with Gasteiger partial charge in [0.05, 0.1) is 6.61 Å². The molecule has 1 rings (SSSR count). The van der Waals surface area contributed by atoms with Gasteiger partial charge in [-0.15, -0.1) is 0 Å². The minimum absolute atomic E-state index is 0.104. The van der Waals surface area contributed by atoms with Gasteiger partial charge >= 0.3 is 0 Å². The van der Waals surface area contributed by atoms with Crippen molar-refractivity contribution in [1.29, 1.82) is 0 Å². The number of hydrogen-bond acceptors (Lipinski definition) is 4. The molecule has 0 radical (unpaired) electrons. The molecule has 0 aliphatic heterocycles. The van der Waals surface area contributed by atoms with Crippen LogP contribution in [0.15, 0.2) is 5.16 Å². The topological polar surface area (TPSA) is 90.9 Å². The molecule has 0 saturated heterocycles. The van der Waals surface area contributed by atoms with Crippen LogP contribution in [0.25, 0.3) is 0 Å². The van der Waals surface area contributed by atoms with Crippen molar-refractivity contribution < 1.29 is 10.3 Å². The lowest BCUT2D eigenvalue weighted by Gasteiger charge is -2.27. The summed E-state index contributed by atoms with van der Waals surface area (Å²) in [5.74, 6) is 0.288. The van der Waals surface area contributed by atoms with Gasteiger partial charge < -0.3 is 21.4 Å². The van der Waals surface area contributed by atoms with E-state index in [1.807, 2.05) is 13.8 Å². The standard InChI is InChI=1S/C10H21N3O2/c1-9(2,7-14)12-6-10(3-4-10)5-8(11)13-15/h12,14-15H,3-7H2,1-2H3,(H2,11,13). The first-order valence-electron chi connectivity index (χ1n) is 5.25. The van der Waals surface area contributed by atoms with Crippen LogP contribution in [0.2, 0.25) is 0 Å². The van der Waals surface area contributed by atoms with Gasteiger partial charge in [-0.05, 0) is 32.1 Å². The van der Waals surface area contributed by atoms with Crippen LogP contribution in [-0.2, 0) is 0 Å². The average molecular weight is 215 g/mol. The predicted molar refractivity (Wildman–Crippen MR) is 58.9 cm³/mol. The maximum Gasteiger partial charge on any atom is 0.139 e. The fraction of sp³-hybridized carbons (Fsp3) is 0.900. The van der Waals surface area contributed by atoms with Crippen LogP contribution < -0.4 is 11.1 Å². The smallest absolute Gasteiger partial charge is 0.139 e. The molecule has 0 unspecified atom stereocenters. The molecule has 0 amide bonds. The van der Waals surface area contributed by atoms with Crippen LogP contribution in [0.3, 0.4) is 0 Å². The van der Waals surface area contributed by atoms with E-state index in [9.17, 15) is 0 Å². The highest BCUT2D eigenvalue weighted by molar-refractivity contribution is 5.80. The minimum atomic E-state index is -0.263. The summed E-state index contributed by atoms with van der Waals surface area (Å²) < 4.78 is 0. The van der Waals surface area contributed by atoms with Crippen molar-refractivity contribution in [3.63, 3.8) is 0 Å². The second-order valence-electron chi connectivity index (χ2n) is 5.16. The Morgan fingerprint density at radius 2 is 2.13 bits per heavy atom. The summed E-state index contributed by atoms with van der Waals surface area (Å²) >= 11 is 0. The second kappa shape index (κ2) is 4.37. The van der Waals surface area contributed by atoms with E-state index in [2.05, 4.69) is 10.5 Å². The quantitative estimate of drug-likeness (QED) is 0.221. The molecule has 0 aromatic rings. The van der Waals surface area contributed by atoms with Gasteiger partial charge in [0, 0.05) is 18.5 Å². The van der Waals surface area contributed by atoms with Crippen molar-refractivity contribution in [2.24, 2.45) is 16.3 Å². The zero-order valence-electron chi connectivity index (χ0n) is 9.45. The van der Waals surface area contributed by atoms with Crippen LogP contribution in [0, 0.1) is 5.41 Å². The molecule has 5 nitrogen and oxygen atoms in total. The predicted octanol–water partition coefficient (Wildman–Crippen LogP) is 0.264. The monoisotopic (exact) mass is 215 g/mol. The molecular formula is C10H21N3O2. The Hall–Kier alpha value is -0.810. The van der Waals surface area contributed by atoms with Crippen molar-refractivity contribution >= 4 is 5.84 Å². The van der Waals surface area contributed by atoms with E-state index in [0.29, 0.717) is 6.42 Å². The molecule has 0 heterocycles. The van der Waals surface area contributed by atoms with E-state index in [1.54, 1.807) is 0 Å². The van der Waals surface area contributed by atoms with Crippen molar-refractivity contribution in [2.75, 3.05) is 13.2 Å². The van der Waals surface area contributed by atoms with Crippen molar-refractivity contribution in [3.8, 4) is 0 Å². The Bertz CT molecular complexity index is 247. The molecule has 88 valence electrons. The van der Waals surface area contributed by atoms with E-state index < -0.39 is 0 Å². The van der Waals surface area contributed by atoms with Gasteiger partial charge in [-0.1, -0.05) is 5.16 Å². The molecule has 0 spiro atoms. The Labute approximate surface area is 90.3 Å².